The number of cyclic esters (lactones) is 1. The molecular formula is C49H64N8O7. The monoisotopic (exact) mass is 876 g/mol. The van der Waals surface area contributed by atoms with Crippen molar-refractivity contribution in [1.29, 1.82) is 0 Å². The number of amides is 3. The summed E-state index contributed by atoms with van der Waals surface area (Å²) in [6.45, 7) is 15.6. The number of esters is 1. The highest BCUT2D eigenvalue weighted by atomic mass is 16.5. The van der Waals surface area contributed by atoms with Gasteiger partial charge in [-0.3, -0.25) is 29.2 Å². The van der Waals surface area contributed by atoms with E-state index in [2.05, 4.69) is 89.3 Å². The summed E-state index contributed by atoms with van der Waals surface area (Å²) in [5.41, 5.74) is 11.7. The van der Waals surface area contributed by atoms with Gasteiger partial charge in [0.15, 0.2) is 6.10 Å². The van der Waals surface area contributed by atoms with E-state index in [1.807, 2.05) is 25.3 Å². The van der Waals surface area contributed by atoms with Crippen molar-refractivity contribution < 1.29 is 33.4 Å². The minimum absolute atomic E-state index is 0.0979. The average Bonchev–Trinajstić information content (AvgIpc) is 3.61. The van der Waals surface area contributed by atoms with E-state index in [0.29, 0.717) is 38.9 Å². The molecule has 0 spiro atoms. The molecule has 0 unspecified atom stereocenters. The van der Waals surface area contributed by atoms with Crippen LogP contribution in [-0.2, 0) is 52.8 Å². The Kier molecular flexibility index (Phi) is 13.4. The quantitative estimate of drug-likeness (QED) is 0.248. The molecule has 0 radical (unpaired) electrons. The number of hydrogen-bond acceptors (Lipinski definition) is 11. The smallest absolute Gasteiger partial charge is 0.324 e. The molecule has 4 aliphatic heterocycles. The number of hydrazine groups is 1. The zero-order chi connectivity index (χ0) is 45.3. The van der Waals surface area contributed by atoms with Gasteiger partial charge in [0.25, 0.3) is 11.8 Å². The Bertz CT molecular complexity index is 2390. The number of morpholine rings is 1. The van der Waals surface area contributed by atoms with Crippen LogP contribution in [0.3, 0.4) is 0 Å². The van der Waals surface area contributed by atoms with Gasteiger partial charge in [-0.1, -0.05) is 44.2 Å². The summed E-state index contributed by atoms with van der Waals surface area (Å²) in [5, 5.41) is 5.52. The Labute approximate surface area is 376 Å². The summed E-state index contributed by atoms with van der Waals surface area (Å²) in [4.78, 5) is 65.9. The van der Waals surface area contributed by atoms with E-state index < -0.39 is 35.5 Å². The van der Waals surface area contributed by atoms with Crippen molar-refractivity contribution >= 4 is 40.3 Å². The number of nitrogens with one attached hydrogen (secondary N) is 2. The standard InChI is InChI=1S/C49H64N8O7/c1-8-56-42-15-14-35-25-37(42)39(45(56)38-26-36(28-50-44(38)31(2)62-7)54-19-17-53(6)18-20-54)27-49(4,5)30-64-48(61)40-13-10-16-57(52-40)47(60)41(24-33-11-9-12-34(35)23-33)51-46(59)43-29-55(32(3)58)21-22-63-43/h9,11-12,14-15,23,25-26,28,31,40-41,43,52H,8,10,13,16-22,24,27,29-30H2,1-7H3,(H,51,59)/t31-,40-,41-,43+/m0/s1. The number of ether oxygens (including phenoxy) is 3. The Morgan fingerprint density at radius 1 is 1.03 bits per heavy atom. The number of nitrogens with zero attached hydrogens (tertiary/aromatic N) is 6. The highest BCUT2D eigenvalue weighted by Crippen LogP contribution is 2.43. The second kappa shape index (κ2) is 19.0. The fraction of sp³-hybridized carbons (Fsp3) is 0.531. The Hall–Kier alpha value is -5.35. The maximum absolute atomic E-state index is 14.4. The summed E-state index contributed by atoms with van der Waals surface area (Å²) in [7, 11) is 3.88. The Balaban J connectivity index is 1.24. The number of carbonyl (C=O) groups is 4. The van der Waals surface area contributed by atoms with Crippen LogP contribution < -0.4 is 15.6 Å². The molecule has 6 heterocycles. The number of anilines is 1. The van der Waals surface area contributed by atoms with Crippen LogP contribution in [0.2, 0.25) is 0 Å². The highest BCUT2D eigenvalue weighted by Gasteiger charge is 2.37. The average molecular weight is 877 g/mol. The van der Waals surface area contributed by atoms with E-state index in [9.17, 15) is 19.2 Å². The molecule has 15 nitrogen and oxygen atoms in total. The summed E-state index contributed by atoms with van der Waals surface area (Å²) in [5.74, 6) is -1.42. The molecule has 2 N–H and O–H groups in total. The number of benzene rings is 2. The number of pyridine rings is 1. The Morgan fingerprint density at radius 2 is 1.81 bits per heavy atom. The lowest BCUT2D eigenvalue weighted by Gasteiger charge is -2.36. The van der Waals surface area contributed by atoms with Crippen molar-refractivity contribution in [2.45, 2.75) is 91.1 Å². The third-order valence-electron chi connectivity index (χ3n) is 13.4. The molecule has 6 bridgehead atoms. The van der Waals surface area contributed by atoms with E-state index in [1.54, 1.807) is 12.0 Å². The molecule has 4 aromatic rings. The van der Waals surface area contributed by atoms with Gasteiger partial charge in [-0.25, -0.2) is 5.43 Å². The Morgan fingerprint density at radius 3 is 2.56 bits per heavy atom. The summed E-state index contributed by atoms with van der Waals surface area (Å²) in [6.07, 6.45) is 2.63. The minimum Gasteiger partial charge on any atom is -0.464 e. The van der Waals surface area contributed by atoms with Crippen molar-refractivity contribution in [2.24, 2.45) is 5.41 Å². The molecule has 2 aromatic carbocycles. The number of aryl methyl sites for hydroxylation is 1. The van der Waals surface area contributed by atoms with Gasteiger partial charge in [0.05, 0.1) is 49.1 Å². The van der Waals surface area contributed by atoms with Crippen LogP contribution in [0.5, 0.6) is 0 Å². The molecule has 0 aliphatic carbocycles. The van der Waals surface area contributed by atoms with E-state index in [4.69, 9.17) is 19.2 Å². The number of carbonyl (C=O) groups excluding carboxylic acids is 4. The van der Waals surface area contributed by atoms with Crippen LogP contribution in [0.4, 0.5) is 5.69 Å². The first-order valence-corrected chi connectivity index (χ1v) is 22.9. The lowest BCUT2D eigenvalue weighted by molar-refractivity contribution is -0.156. The SMILES string of the molecule is CCn1c(-c2cc(N3CCN(C)CC3)cnc2[C@H](C)OC)c2c3cc(ccc31)-c1cccc(c1)C[C@H](NC(=O)[C@H]1CN(C(C)=O)CCO1)C(=O)N1CCC[C@H](N1)C(=O)OCC(C)(C)C2. The minimum atomic E-state index is -0.992. The van der Waals surface area contributed by atoms with E-state index >= 15 is 0 Å². The van der Waals surface area contributed by atoms with Gasteiger partial charge in [-0.2, -0.15) is 0 Å². The first-order chi connectivity index (χ1) is 30.7. The number of piperazine rings is 1. The molecule has 3 amide bonds. The predicted molar refractivity (Wildman–Crippen MR) is 245 cm³/mol. The number of methoxy groups -OCH3 is 1. The van der Waals surface area contributed by atoms with E-state index in [1.165, 1.54) is 11.9 Å². The zero-order valence-electron chi connectivity index (χ0n) is 38.4. The molecule has 15 heteroatoms. The van der Waals surface area contributed by atoms with Crippen molar-refractivity contribution in [3.63, 3.8) is 0 Å². The molecule has 4 atom stereocenters. The number of hydrogen-bond donors (Lipinski definition) is 2. The van der Waals surface area contributed by atoms with Crippen LogP contribution in [0.15, 0.2) is 54.7 Å². The van der Waals surface area contributed by atoms with E-state index in [-0.39, 0.29) is 44.1 Å². The molecule has 3 saturated heterocycles. The normalized spacial score (nSPS) is 22.8. The van der Waals surface area contributed by atoms with Gasteiger partial charge < -0.3 is 38.8 Å². The second-order valence-corrected chi connectivity index (χ2v) is 18.7. The number of aromatic nitrogens is 2. The molecular weight excluding hydrogens is 813 g/mol. The van der Waals surface area contributed by atoms with Crippen molar-refractivity contribution in [2.75, 3.05) is 78.1 Å². The summed E-state index contributed by atoms with van der Waals surface area (Å²) >= 11 is 0. The number of rotatable bonds is 7. The first kappa shape index (κ1) is 45.2. The van der Waals surface area contributed by atoms with Gasteiger partial charge in [0.1, 0.15) is 12.1 Å². The lowest BCUT2D eigenvalue weighted by Crippen LogP contribution is -2.61. The van der Waals surface area contributed by atoms with Gasteiger partial charge in [-0.05, 0) is 80.6 Å². The topological polar surface area (TPSA) is 151 Å². The largest absolute Gasteiger partial charge is 0.464 e. The van der Waals surface area contributed by atoms with Crippen LogP contribution in [0, 0.1) is 5.41 Å². The first-order valence-electron chi connectivity index (χ1n) is 22.9. The fourth-order valence-corrected chi connectivity index (χ4v) is 9.62. The van der Waals surface area contributed by atoms with Gasteiger partial charge in [0, 0.05) is 88.1 Å². The maximum atomic E-state index is 14.4. The fourth-order valence-electron chi connectivity index (χ4n) is 9.62. The number of likely N-dealkylation sites (N-methyl/N-ethyl adjacent to an activating group) is 1. The predicted octanol–water partition coefficient (Wildman–Crippen LogP) is 4.75. The molecule has 0 saturated carbocycles. The maximum Gasteiger partial charge on any atom is 0.324 e. The van der Waals surface area contributed by atoms with Crippen LogP contribution >= 0.6 is 0 Å². The summed E-state index contributed by atoms with van der Waals surface area (Å²) < 4.78 is 20.3. The molecule has 64 heavy (non-hydrogen) atoms. The third kappa shape index (κ3) is 9.53. The molecule has 8 rings (SSSR count). The molecule has 3 fully saturated rings. The van der Waals surface area contributed by atoms with Crippen LogP contribution in [-0.4, -0.2) is 139 Å². The summed E-state index contributed by atoms with van der Waals surface area (Å²) in [6, 6.07) is 15.2. The van der Waals surface area contributed by atoms with Crippen LogP contribution in [0.1, 0.15) is 70.4 Å². The van der Waals surface area contributed by atoms with Crippen molar-refractivity contribution in [3.05, 3.63) is 71.5 Å². The number of fused-ring (bicyclic) bond motifs is 6. The van der Waals surface area contributed by atoms with Gasteiger partial charge >= 0.3 is 5.97 Å². The molecule has 4 aliphatic rings. The lowest BCUT2D eigenvalue weighted by atomic mass is 9.84. The van der Waals surface area contributed by atoms with Crippen molar-refractivity contribution in [1.82, 2.24) is 35.1 Å². The van der Waals surface area contributed by atoms with E-state index in [0.717, 1.165) is 82.0 Å². The van der Waals surface area contributed by atoms with Crippen LogP contribution in [0.25, 0.3) is 33.3 Å². The van der Waals surface area contributed by atoms with Gasteiger partial charge in [0.2, 0.25) is 5.91 Å². The van der Waals surface area contributed by atoms with Crippen molar-refractivity contribution in [3.8, 4) is 22.4 Å². The molecule has 342 valence electrons. The second-order valence-electron chi connectivity index (χ2n) is 18.7. The highest BCUT2D eigenvalue weighted by molar-refractivity contribution is 5.96. The zero-order valence-corrected chi connectivity index (χ0v) is 38.4. The molecule has 2 aromatic heterocycles. The third-order valence-corrected chi connectivity index (χ3v) is 13.4. The van der Waals surface area contributed by atoms with Gasteiger partial charge in [-0.15, -0.1) is 0 Å².